The van der Waals surface area contributed by atoms with Crippen molar-refractivity contribution < 1.29 is 116 Å². The van der Waals surface area contributed by atoms with Crippen molar-refractivity contribution >= 4 is 96.3 Å². The van der Waals surface area contributed by atoms with E-state index < -0.39 is 174 Å². The number of rotatable bonds is 31. The average molecular weight is 941 g/mol. The molecule has 358 valence electrons. The minimum atomic E-state index is -2.24. The number of carboxylic acid groups (broad SMARTS) is 5. The van der Waals surface area contributed by atoms with Crippen molar-refractivity contribution in [1.82, 2.24) is 31.9 Å². The van der Waals surface area contributed by atoms with Crippen LogP contribution in [-0.2, 0) is 71.7 Å². The van der Waals surface area contributed by atoms with Crippen LogP contribution < -0.4 is 31.9 Å². The predicted molar refractivity (Wildman–Crippen MR) is 205 cm³/mol. The lowest BCUT2D eigenvalue weighted by Crippen LogP contribution is -2.58. The zero-order valence-corrected chi connectivity index (χ0v) is 34.1. The normalized spacial score (nSPS) is 13.1. The number of amides is 6. The predicted octanol–water partition coefficient (Wildman–Crippen LogP) is -5.66. The molecule has 0 heterocycles. The van der Waals surface area contributed by atoms with Crippen LogP contribution in [0.4, 0.5) is 0 Å². The van der Waals surface area contributed by atoms with Crippen LogP contribution in [-0.4, -0.2) is 178 Å². The highest BCUT2D eigenvalue weighted by Gasteiger charge is 2.35. The Kier molecular flexibility index (Phi) is 22.2. The Morgan fingerprint density at radius 2 is 0.697 bits per heavy atom. The van der Waals surface area contributed by atoms with Crippen molar-refractivity contribution in [2.24, 2.45) is 0 Å². The van der Waals surface area contributed by atoms with Gasteiger partial charge in [0.25, 0.3) is 31.2 Å². The summed E-state index contributed by atoms with van der Waals surface area (Å²) in [6.07, 6.45) is -3.79. The number of benzene rings is 1. The summed E-state index contributed by atoms with van der Waals surface area (Å²) >= 11 is 0. The first-order valence-electron chi connectivity index (χ1n) is 18.2. The van der Waals surface area contributed by atoms with Crippen LogP contribution in [0.15, 0.2) is 12.1 Å². The summed E-state index contributed by atoms with van der Waals surface area (Å²) in [4.78, 5) is 195. The summed E-state index contributed by atoms with van der Waals surface area (Å²) in [5.41, 5.74) is -2.96. The molecule has 6 amide bonds. The number of hydrogen-bond acceptors (Lipinski definition) is 19. The van der Waals surface area contributed by atoms with Crippen molar-refractivity contribution in [2.45, 2.75) is 69.4 Å². The SMILES string of the molecule is CC(=O)c1cc(C(=O)NC(CC(=O)O)C(=O)N[C@H](CC(=O)O)C(=O)N[C@H](CC(=O)O)C(=O)O)c(C(C)=O)cc1C(=O)NC(COC=O)C(=O)N[C@H](COC=O)C(=O)N[C@H](COC=O)C(=O)O. The lowest BCUT2D eigenvalue weighted by Gasteiger charge is -2.24. The van der Waals surface area contributed by atoms with E-state index >= 15 is 0 Å². The van der Waals surface area contributed by atoms with E-state index in [4.69, 9.17) is 5.11 Å². The minimum Gasteiger partial charge on any atom is -0.481 e. The highest BCUT2D eigenvalue weighted by Crippen LogP contribution is 2.20. The third-order valence-corrected chi connectivity index (χ3v) is 8.27. The molecule has 0 aliphatic rings. The lowest BCUT2D eigenvalue weighted by molar-refractivity contribution is -0.148. The van der Waals surface area contributed by atoms with Crippen LogP contribution in [0.3, 0.4) is 0 Å². The molecular formula is C36H40N6O24. The molecule has 1 aromatic rings. The van der Waals surface area contributed by atoms with Crippen LogP contribution in [0.2, 0.25) is 0 Å². The Morgan fingerprint density at radius 3 is 1.05 bits per heavy atom. The fraction of sp³-hybridized carbons (Fsp3) is 0.389. The Balaban J connectivity index is 3.64. The molecule has 0 spiro atoms. The van der Waals surface area contributed by atoms with Crippen molar-refractivity contribution in [1.29, 1.82) is 0 Å². The van der Waals surface area contributed by atoms with Crippen molar-refractivity contribution in [3.05, 3.63) is 34.4 Å². The molecule has 0 saturated carbocycles. The van der Waals surface area contributed by atoms with E-state index in [-0.39, 0.29) is 19.4 Å². The summed E-state index contributed by atoms with van der Waals surface area (Å²) in [7, 11) is 0. The second-order valence-corrected chi connectivity index (χ2v) is 13.1. The molecule has 0 saturated heterocycles. The van der Waals surface area contributed by atoms with Gasteiger partial charge in [0.1, 0.15) is 50.0 Å². The molecule has 30 heteroatoms. The van der Waals surface area contributed by atoms with Gasteiger partial charge in [-0.1, -0.05) is 0 Å². The van der Waals surface area contributed by atoms with Crippen molar-refractivity contribution in [3.63, 3.8) is 0 Å². The molecular weight excluding hydrogens is 900 g/mol. The van der Waals surface area contributed by atoms with E-state index in [2.05, 4.69) is 19.5 Å². The lowest BCUT2D eigenvalue weighted by atomic mass is 9.93. The summed E-state index contributed by atoms with van der Waals surface area (Å²) in [6, 6.07) is -11.1. The number of ether oxygens (including phenoxy) is 3. The molecule has 2 unspecified atom stereocenters. The zero-order valence-electron chi connectivity index (χ0n) is 34.1. The maximum atomic E-state index is 13.7. The van der Waals surface area contributed by atoms with Gasteiger partial charge >= 0.3 is 29.8 Å². The molecule has 30 nitrogen and oxygen atoms in total. The first-order valence-corrected chi connectivity index (χ1v) is 18.2. The van der Waals surface area contributed by atoms with E-state index in [1.54, 1.807) is 5.32 Å². The quantitative estimate of drug-likeness (QED) is 0.0188. The van der Waals surface area contributed by atoms with Crippen molar-refractivity contribution in [2.75, 3.05) is 19.8 Å². The largest absolute Gasteiger partial charge is 0.481 e. The van der Waals surface area contributed by atoms with Gasteiger partial charge in [-0.05, 0) is 26.0 Å². The van der Waals surface area contributed by atoms with Crippen LogP contribution in [0, 0.1) is 0 Å². The van der Waals surface area contributed by atoms with Gasteiger partial charge in [0, 0.05) is 11.1 Å². The molecule has 1 aromatic carbocycles. The molecule has 0 bridgehead atoms. The first kappa shape index (κ1) is 55.2. The Labute approximate surface area is 368 Å². The van der Waals surface area contributed by atoms with E-state index in [1.807, 2.05) is 21.3 Å². The van der Waals surface area contributed by atoms with Gasteiger partial charge in [-0.25, -0.2) is 9.59 Å². The number of hydrogen-bond donors (Lipinski definition) is 11. The fourth-order valence-corrected chi connectivity index (χ4v) is 5.21. The molecule has 0 aromatic heterocycles. The maximum Gasteiger partial charge on any atom is 0.329 e. The van der Waals surface area contributed by atoms with E-state index in [1.165, 1.54) is 0 Å². The average Bonchev–Trinajstić information content (AvgIpc) is 3.22. The zero-order chi connectivity index (χ0) is 50.4. The summed E-state index contributed by atoms with van der Waals surface area (Å²) in [6.45, 7) is -1.68. The third-order valence-electron chi connectivity index (χ3n) is 8.27. The van der Waals surface area contributed by atoms with Crippen LogP contribution in [0.1, 0.15) is 74.5 Å². The molecule has 0 fully saturated rings. The monoisotopic (exact) mass is 940 g/mol. The molecule has 6 atom stereocenters. The van der Waals surface area contributed by atoms with Crippen LogP contribution in [0.5, 0.6) is 0 Å². The Morgan fingerprint density at radius 1 is 0.424 bits per heavy atom. The molecule has 0 aliphatic carbocycles. The van der Waals surface area contributed by atoms with Gasteiger partial charge in [0.15, 0.2) is 17.6 Å². The Bertz CT molecular complexity index is 2140. The number of ketones is 2. The third kappa shape index (κ3) is 17.9. The number of aliphatic carboxylic acids is 5. The van der Waals surface area contributed by atoms with E-state index in [0.29, 0.717) is 12.1 Å². The topological polar surface area (TPSA) is 474 Å². The first-order chi connectivity index (χ1) is 30.9. The summed E-state index contributed by atoms with van der Waals surface area (Å²) in [5.74, 6) is -19.7. The molecule has 0 radical (unpaired) electrons. The van der Waals surface area contributed by atoms with Gasteiger partial charge in [0.2, 0.25) is 23.6 Å². The number of nitrogens with one attached hydrogen (secondary N) is 6. The number of carbonyl (C=O) groups is 16. The summed E-state index contributed by atoms with van der Waals surface area (Å²) in [5, 5.41) is 57.7. The molecule has 0 aliphatic heterocycles. The van der Waals surface area contributed by atoms with Crippen LogP contribution in [0.25, 0.3) is 0 Å². The molecule has 66 heavy (non-hydrogen) atoms. The van der Waals surface area contributed by atoms with Crippen molar-refractivity contribution in [3.8, 4) is 0 Å². The van der Waals surface area contributed by atoms with E-state index in [9.17, 15) is 97.1 Å². The van der Waals surface area contributed by atoms with E-state index in [0.717, 1.165) is 13.8 Å². The molecule has 11 N–H and O–H groups in total. The van der Waals surface area contributed by atoms with Gasteiger partial charge in [-0.15, -0.1) is 0 Å². The van der Waals surface area contributed by atoms with Gasteiger partial charge < -0.3 is 71.6 Å². The Hall–Kier alpha value is -8.86. The molecule has 1 rings (SSSR count). The van der Waals surface area contributed by atoms with Gasteiger partial charge in [0.05, 0.1) is 30.4 Å². The number of carboxylic acids is 5. The van der Waals surface area contributed by atoms with Crippen LogP contribution >= 0.6 is 0 Å². The number of Topliss-reactive ketones (excluding diaryl/α,β-unsaturated/α-hetero) is 2. The second-order valence-electron chi connectivity index (χ2n) is 13.1. The maximum absolute atomic E-state index is 13.7. The summed E-state index contributed by atoms with van der Waals surface area (Å²) < 4.78 is 13.4. The smallest absolute Gasteiger partial charge is 0.329 e. The highest BCUT2D eigenvalue weighted by molar-refractivity contribution is 6.15. The second kappa shape index (κ2) is 26.6. The standard InChI is InChI=1S/C36H40N6O24/c1-14(46)16-4-19(30(55)40-23(8-64-11-43)33(58)41-24(9-65-12-44)34(59)42-25(36(62)63)10-66-13-45)17(15(2)47)3-18(16)29(54)37-20(5-26(48)49)31(56)38-21(6-27(50)51)32(57)39-22(35(60)61)7-28(52)53/h3-4,11-13,20-25H,5-10H2,1-2H3,(H,37,54)(H,38,56)(H,39,57)(H,40,55)(H,41,58)(H,42,59)(H,48,49)(H,50,51)(H,52,53)(H,60,61)(H,62,63)/t20?,21-,22-,23?,24-,25-/m1/s1. The minimum absolute atomic E-state index is 0.137. The van der Waals surface area contributed by atoms with Gasteiger partial charge in [-0.2, -0.15) is 0 Å². The van der Waals surface area contributed by atoms with Gasteiger partial charge in [-0.3, -0.25) is 67.1 Å². The highest BCUT2D eigenvalue weighted by atomic mass is 16.5. The fourth-order valence-electron chi connectivity index (χ4n) is 5.21. The number of carbonyl (C=O) groups excluding carboxylic acids is 11.